The van der Waals surface area contributed by atoms with Crippen molar-refractivity contribution in [3.63, 3.8) is 0 Å². The third-order valence-electron chi connectivity index (χ3n) is 4.37. The van der Waals surface area contributed by atoms with Crippen molar-refractivity contribution >= 4 is 15.9 Å². The van der Waals surface area contributed by atoms with Crippen LogP contribution in [0.25, 0.3) is 0 Å². The van der Waals surface area contributed by atoms with E-state index < -0.39 is 16.1 Å². The van der Waals surface area contributed by atoms with Gasteiger partial charge in [-0.25, -0.2) is 13.1 Å². The second kappa shape index (κ2) is 9.89. The molecule has 0 spiro atoms. The van der Waals surface area contributed by atoms with Crippen molar-refractivity contribution in [2.24, 2.45) is 0 Å². The van der Waals surface area contributed by atoms with Gasteiger partial charge in [-0.05, 0) is 44.0 Å². The highest BCUT2D eigenvalue weighted by Gasteiger charge is 2.21. The molecule has 0 bridgehead atoms. The van der Waals surface area contributed by atoms with E-state index in [4.69, 9.17) is 9.47 Å². The van der Waals surface area contributed by atoms with Gasteiger partial charge >= 0.3 is 0 Å². The van der Waals surface area contributed by atoms with E-state index in [2.05, 4.69) is 10.0 Å². The molecule has 0 aliphatic heterocycles. The Morgan fingerprint density at radius 2 is 1.85 bits per heavy atom. The molecule has 0 heterocycles. The molecule has 1 saturated carbocycles. The Morgan fingerprint density at radius 1 is 1.19 bits per heavy atom. The number of sulfonamides is 1. The third kappa shape index (κ3) is 6.26. The largest absolute Gasteiger partial charge is 0.481 e. The van der Waals surface area contributed by atoms with Crippen LogP contribution in [-0.4, -0.2) is 46.7 Å². The summed E-state index contributed by atoms with van der Waals surface area (Å²) in [5.41, 5.74) is 0. The Labute approximate surface area is 155 Å². The van der Waals surface area contributed by atoms with Gasteiger partial charge in [-0.1, -0.05) is 19.3 Å². The van der Waals surface area contributed by atoms with Crippen LogP contribution < -0.4 is 14.8 Å². The van der Waals surface area contributed by atoms with Gasteiger partial charge in [0, 0.05) is 19.7 Å². The van der Waals surface area contributed by atoms with Crippen molar-refractivity contribution in [3.8, 4) is 5.75 Å². The van der Waals surface area contributed by atoms with Gasteiger partial charge in [-0.2, -0.15) is 0 Å². The lowest BCUT2D eigenvalue weighted by atomic mass is 9.95. The summed E-state index contributed by atoms with van der Waals surface area (Å²) in [6.07, 6.45) is 4.92. The zero-order valence-corrected chi connectivity index (χ0v) is 16.2. The Kier molecular flexibility index (Phi) is 7.86. The van der Waals surface area contributed by atoms with Crippen molar-refractivity contribution in [1.82, 2.24) is 10.0 Å². The first kappa shape index (κ1) is 20.7. The van der Waals surface area contributed by atoms with Gasteiger partial charge in [-0.3, -0.25) is 4.79 Å². The van der Waals surface area contributed by atoms with E-state index in [1.54, 1.807) is 19.1 Å². The molecule has 0 saturated heterocycles. The summed E-state index contributed by atoms with van der Waals surface area (Å²) >= 11 is 0. The van der Waals surface area contributed by atoms with E-state index in [0.29, 0.717) is 12.4 Å². The van der Waals surface area contributed by atoms with E-state index >= 15 is 0 Å². The highest BCUT2D eigenvalue weighted by Crippen LogP contribution is 2.19. The lowest BCUT2D eigenvalue weighted by Gasteiger charge is -2.24. The number of hydrogen-bond donors (Lipinski definition) is 2. The van der Waals surface area contributed by atoms with E-state index in [1.807, 2.05) is 0 Å². The zero-order valence-electron chi connectivity index (χ0n) is 15.4. The summed E-state index contributed by atoms with van der Waals surface area (Å²) < 4.78 is 37.1. The second-order valence-electron chi connectivity index (χ2n) is 6.47. The number of carbonyl (C=O) groups is 1. The lowest BCUT2D eigenvalue weighted by molar-refractivity contribution is -0.128. The SMILES string of the molecule is COCCNS(=O)(=O)c1ccc(O[C@@H](C)C(=O)NC2CCCCC2)cc1. The van der Waals surface area contributed by atoms with Crippen LogP contribution in [-0.2, 0) is 19.6 Å². The van der Waals surface area contributed by atoms with Gasteiger partial charge in [0.25, 0.3) is 5.91 Å². The fourth-order valence-corrected chi connectivity index (χ4v) is 3.90. The van der Waals surface area contributed by atoms with Gasteiger partial charge in [0.2, 0.25) is 10.0 Å². The van der Waals surface area contributed by atoms with Gasteiger partial charge in [0.1, 0.15) is 5.75 Å². The predicted molar refractivity (Wildman–Crippen MR) is 98.6 cm³/mol. The van der Waals surface area contributed by atoms with Crippen LogP contribution in [0.15, 0.2) is 29.2 Å². The standard InChI is InChI=1S/C18H28N2O5S/c1-14(18(21)20-15-6-4-3-5-7-15)25-16-8-10-17(11-9-16)26(22,23)19-12-13-24-2/h8-11,14-15,19H,3-7,12-13H2,1-2H3,(H,20,21)/t14-/m0/s1. The summed E-state index contributed by atoms with van der Waals surface area (Å²) in [7, 11) is -2.07. The molecule has 1 atom stereocenters. The Morgan fingerprint density at radius 3 is 2.46 bits per heavy atom. The molecule has 2 N–H and O–H groups in total. The van der Waals surface area contributed by atoms with Crippen LogP contribution in [0.1, 0.15) is 39.0 Å². The quantitative estimate of drug-likeness (QED) is 0.634. The topological polar surface area (TPSA) is 93.7 Å². The molecule has 146 valence electrons. The summed E-state index contributed by atoms with van der Waals surface area (Å²) in [5, 5.41) is 3.02. The molecule has 1 aromatic rings. The summed E-state index contributed by atoms with van der Waals surface area (Å²) in [4.78, 5) is 12.4. The van der Waals surface area contributed by atoms with Crippen LogP contribution >= 0.6 is 0 Å². The maximum Gasteiger partial charge on any atom is 0.260 e. The molecule has 1 fully saturated rings. The van der Waals surface area contributed by atoms with Crippen LogP contribution in [0.5, 0.6) is 5.75 Å². The van der Waals surface area contributed by atoms with E-state index in [1.165, 1.54) is 25.7 Å². The minimum atomic E-state index is -3.58. The van der Waals surface area contributed by atoms with Crippen LogP contribution in [0, 0.1) is 0 Å². The van der Waals surface area contributed by atoms with Gasteiger partial charge in [-0.15, -0.1) is 0 Å². The third-order valence-corrected chi connectivity index (χ3v) is 5.84. The van der Waals surface area contributed by atoms with Crippen molar-refractivity contribution in [2.75, 3.05) is 20.3 Å². The molecular formula is C18H28N2O5S. The highest BCUT2D eigenvalue weighted by molar-refractivity contribution is 7.89. The van der Waals surface area contributed by atoms with Gasteiger partial charge in [0.15, 0.2) is 6.10 Å². The van der Waals surface area contributed by atoms with Crippen molar-refractivity contribution in [3.05, 3.63) is 24.3 Å². The summed E-state index contributed by atoms with van der Waals surface area (Å²) in [6, 6.07) is 6.24. The van der Waals surface area contributed by atoms with E-state index in [-0.39, 0.29) is 23.4 Å². The van der Waals surface area contributed by atoms with Gasteiger partial charge in [0.05, 0.1) is 11.5 Å². The van der Waals surface area contributed by atoms with Crippen LogP contribution in [0.2, 0.25) is 0 Å². The molecule has 7 nitrogen and oxygen atoms in total. The molecule has 1 aliphatic rings. The molecule has 2 rings (SSSR count). The monoisotopic (exact) mass is 384 g/mol. The molecule has 1 aromatic carbocycles. The highest BCUT2D eigenvalue weighted by atomic mass is 32.2. The average Bonchev–Trinajstić information content (AvgIpc) is 2.63. The number of carbonyl (C=O) groups excluding carboxylic acids is 1. The zero-order chi connectivity index (χ0) is 19.0. The number of methoxy groups -OCH3 is 1. The van der Waals surface area contributed by atoms with Crippen LogP contribution in [0.4, 0.5) is 0 Å². The molecule has 1 amide bonds. The summed E-state index contributed by atoms with van der Waals surface area (Å²) in [5.74, 6) is 0.307. The smallest absolute Gasteiger partial charge is 0.260 e. The molecule has 0 radical (unpaired) electrons. The Hall–Kier alpha value is -1.64. The van der Waals surface area contributed by atoms with Crippen LogP contribution in [0.3, 0.4) is 0 Å². The van der Waals surface area contributed by atoms with E-state index in [0.717, 1.165) is 25.7 Å². The number of hydrogen-bond acceptors (Lipinski definition) is 5. The first-order valence-electron chi connectivity index (χ1n) is 8.98. The predicted octanol–water partition coefficient (Wildman–Crippen LogP) is 1.83. The fraction of sp³-hybridized carbons (Fsp3) is 0.611. The normalized spacial score (nSPS) is 16.8. The Balaban J connectivity index is 1.88. The van der Waals surface area contributed by atoms with Crippen molar-refractivity contribution < 1.29 is 22.7 Å². The molecule has 0 unspecified atom stereocenters. The summed E-state index contributed by atoms with van der Waals surface area (Å²) in [6.45, 7) is 2.19. The maximum atomic E-state index is 12.2. The first-order valence-corrected chi connectivity index (χ1v) is 10.5. The molecular weight excluding hydrogens is 356 g/mol. The maximum absolute atomic E-state index is 12.2. The Bertz CT molecular complexity index is 669. The van der Waals surface area contributed by atoms with E-state index in [9.17, 15) is 13.2 Å². The fourth-order valence-electron chi connectivity index (χ4n) is 2.88. The molecule has 26 heavy (non-hydrogen) atoms. The van der Waals surface area contributed by atoms with Gasteiger partial charge < -0.3 is 14.8 Å². The number of rotatable bonds is 9. The molecule has 0 aromatic heterocycles. The minimum Gasteiger partial charge on any atom is -0.481 e. The lowest BCUT2D eigenvalue weighted by Crippen LogP contribution is -2.43. The van der Waals surface area contributed by atoms with Crippen molar-refractivity contribution in [2.45, 2.75) is 56.1 Å². The molecule has 8 heteroatoms. The van der Waals surface area contributed by atoms with Crippen molar-refractivity contribution in [1.29, 1.82) is 0 Å². The average molecular weight is 384 g/mol. The number of benzene rings is 1. The number of ether oxygens (including phenoxy) is 2. The first-order chi connectivity index (χ1) is 12.4. The second-order valence-corrected chi connectivity index (χ2v) is 8.23. The molecule has 1 aliphatic carbocycles. The minimum absolute atomic E-state index is 0.139. The number of amides is 1. The number of nitrogens with one attached hydrogen (secondary N) is 2.